The van der Waals surface area contributed by atoms with Crippen LogP contribution < -0.4 is 5.32 Å². The highest BCUT2D eigenvalue weighted by molar-refractivity contribution is 6.02. The Kier molecular flexibility index (Phi) is 4.25. The van der Waals surface area contributed by atoms with Crippen molar-refractivity contribution in [2.75, 3.05) is 18.5 Å². The predicted octanol–water partition coefficient (Wildman–Crippen LogP) is 3.92. The summed E-state index contributed by atoms with van der Waals surface area (Å²) in [5, 5.41) is 12.5. The molecule has 0 aliphatic carbocycles. The number of ether oxygens (including phenoxy) is 1. The summed E-state index contributed by atoms with van der Waals surface area (Å²) in [6, 6.07) is 18.3. The average Bonchev–Trinajstić information content (AvgIpc) is 2.67. The van der Waals surface area contributed by atoms with Crippen molar-refractivity contribution in [3.8, 4) is 6.07 Å². The molecule has 25 heavy (non-hydrogen) atoms. The first-order valence-corrected chi connectivity index (χ1v) is 8.76. The average molecular weight is 331 g/mol. The van der Waals surface area contributed by atoms with Crippen molar-refractivity contribution in [2.45, 2.75) is 25.8 Å². The Hall–Kier alpha value is -2.64. The normalized spacial score (nSPS) is 19.9. The number of nitrogens with one attached hydrogen (secondary N) is 1. The first kappa shape index (κ1) is 15.9. The fourth-order valence-corrected chi connectivity index (χ4v) is 3.74. The van der Waals surface area contributed by atoms with E-state index >= 15 is 0 Å². The maximum Gasteiger partial charge on any atom is 0.108 e. The molecule has 0 radical (unpaired) electrons. The number of hydrogen-bond donors (Lipinski definition) is 1. The lowest BCUT2D eigenvalue weighted by atomic mass is 9.71. The van der Waals surface area contributed by atoms with Gasteiger partial charge in [0.25, 0.3) is 0 Å². The Bertz CT molecular complexity index is 827. The minimum absolute atomic E-state index is 0.0548. The van der Waals surface area contributed by atoms with Crippen LogP contribution in [0.15, 0.2) is 53.5 Å². The van der Waals surface area contributed by atoms with Gasteiger partial charge in [0.1, 0.15) is 5.84 Å². The number of benzene rings is 2. The summed E-state index contributed by atoms with van der Waals surface area (Å²) in [6.45, 7) is 2.21. The van der Waals surface area contributed by atoms with Crippen molar-refractivity contribution < 1.29 is 4.74 Å². The second-order valence-corrected chi connectivity index (χ2v) is 6.83. The maximum atomic E-state index is 8.92. The number of nitrogens with zero attached hydrogens (tertiary/aromatic N) is 2. The van der Waals surface area contributed by atoms with Crippen LogP contribution in [0.1, 0.15) is 29.5 Å². The van der Waals surface area contributed by atoms with Crippen LogP contribution in [0.2, 0.25) is 0 Å². The minimum atomic E-state index is 0.0548. The molecule has 4 rings (SSSR count). The largest absolute Gasteiger partial charge is 0.381 e. The van der Waals surface area contributed by atoms with Crippen LogP contribution in [0.3, 0.4) is 0 Å². The number of fused-ring (bicyclic) bond motifs is 1. The van der Waals surface area contributed by atoms with Crippen LogP contribution in [0, 0.1) is 16.7 Å². The molecule has 1 N–H and O–H groups in total. The number of anilines is 1. The zero-order valence-electron chi connectivity index (χ0n) is 14.2. The van der Waals surface area contributed by atoms with Gasteiger partial charge in [0.05, 0.1) is 18.2 Å². The first-order chi connectivity index (χ1) is 12.3. The molecule has 2 aromatic carbocycles. The summed E-state index contributed by atoms with van der Waals surface area (Å²) in [5.41, 5.74) is 4.38. The molecule has 0 aromatic heterocycles. The van der Waals surface area contributed by atoms with E-state index in [-0.39, 0.29) is 5.41 Å². The number of aliphatic imine (C=N–C) groups is 1. The molecule has 0 atom stereocenters. The summed E-state index contributed by atoms with van der Waals surface area (Å²) < 4.78 is 5.61. The van der Waals surface area contributed by atoms with Crippen molar-refractivity contribution in [3.63, 3.8) is 0 Å². The van der Waals surface area contributed by atoms with Crippen LogP contribution >= 0.6 is 0 Å². The molecule has 4 nitrogen and oxygen atoms in total. The number of amidine groups is 1. The van der Waals surface area contributed by atoms with Gasteiger partial charge in [-0.25, -0.2) is 0 Å². The smallest absolute Gasteiger partial charge is 0.108 e. The van der Waals surface area contributed by atoms with Gasteiger partial charge in [-0.15, -0.1) is 0 Å². The maximum absolute atomic E-state index is 8.92. The Morgan fingerprint density at radius 1 is 1.08 bits per heavy atom. The molecular weight excluding hydrogens is 310 g/mol. The summed E-state index contributed by atoms with van der Waals surface area (Å²) in [7, 11) is 0. The van der Waals surface area contributed by atoms with Crippen molar-refractivity contribution in [3.05, 3.63) is 65.2 Å². The van der Waals surface area contributed by atoms with E-state index in [2.05, 4.69) is 35.7 Å². The van der Waals surface area contributed by atoms with E-state index in [0.717, 1.165) is 49.6 Å². The third kappa shape index (κ3) is 3.16. The van der Waals surface area contributed by atoms with Crippen LogP contribution in [0.5, 0.6) is 0 Å². The van der Waals surface area contributed by atoms with Gasteiger partial charge in [-0.3, -0.25) is 4.99 Å². The quantitative estimate of drug-likeness (QED) is 0.907. The van der Waals surface area contributed by atoms with Gasteiger partial charge in [0.2, 0.25) is 0 Å². The number of rotatable bonds is 2. The highest BCUT2D eigenvalue weighted by Crippen LogP contribution is 2.41. The number of nitriles is 1. The van der Waals surface area contributed by atoms with E-state index in [1.54, 1.807) is 0 Å². The summed E-state index contributed by atoms with van der Waals surface area (Å²) in [5.74, 6) is 1.08. The molecular formula is C21H21N3O. The highest BCUT2D eigenvalue weighted by atomic mass is 16.5. The monoisotopic (exact) mass is 331 g/mol. The van der Waals surface area contributed by atoms with Crippen molar-refractivity contribution in [1.29, 1.82) is 5.26 Å². The standard InChI is InChI=1S/C21H21N3O/c22-14-16-5-7-17(8-6-16)15-23-20-21(9-11-25-12-10-21)13-18-3-1-2-4-19(18)24-20/h1-8H,9-13,15H2,(H,23,24). The molecule has 0 saturated carbocycles. The molecule has 126 valence electrons. The lowest BCUT2D eigenvalue weighted by Crippen LogP contribution is -2.45. The molecule has 1 spiro atoms. The Morgan fingerprint density at radius 2 is 1.84 bits per heavy atom. The lowest BCUT2D eigenvalue weighted by molar-refractivity contribution is 0.0448. The zero-order valence-corrected chi connectivity index (χ0v) is 14.2. The summed E-state index contributed by atoms with van der Waals surface area (Å²) in [6.07, 6.45) is 3.02. The first-order valence-electron chi connectivity index (χ1n) is 8.76. The van der Waals surface area contributed by atoms with E-state index in [9.17, 15) is 0 Å². The SMILES string of the molecule is N#Cc1ccc(CN=C2Nc3ccccc3CC23CCOCC3)cc1. The van der Waals surface area contributed by atoms with Gasteiger partial charge >= 0.3 is 0 Å². The summed E-state index contributed by atoms with van der Waals surface area (Å²) in [4.78, 5) is 4.95. The van der Waals surface area contributed by atoms with Crippen LogP contribution in [-0.2, 0) is 17.7 Å². The third-order valence-corrected chi connectivity index (χ3v) is 5.25. The van der Waals surface area contributed by atoms with Crippen molar-refractivity contribution >= 4 is 11.5 Å². The predicted molar refractivity (Wildman–Crippen MR) is 98.6 cm³/mol. The van der Waals surface area contributed by atoms with Gasteiger partial charge in [-0.05, 0) is 48.6 Å². The van der Waals surface area contributed by atoms with E-state index in [1.807, 2.05) is 24.3 Å². The third-order valence-electron chi connectivity index (χ3n) is 5.25. The lowest BCUT2D eigenvalue weighted by Gasteiger charge is -2.42. The van der Waals surface area contributed by atoms with E-state index < -0.39 is 0 Å². The fourth-order valence-electron chi connectivity index (χ4n) is 3.74. The van der Waals surface area contributed by atoms with E-state index in [4.69, 9.17) is 15.0 Å². The van der Waals surface area contributed by atoms with Crippen molar-refractivity contribution in [1.82, 2.24) is 0 Å². The van der Waals surface area contributed by atoms with E-state index in [1.165, 1.54) is 5.56 Å². The van der Waals surface area contributed by atoms with Gasteiger partial charge in [-0.1, -0.05) is 30.3 Å². The van der Waals surface area contributed by atoms with Crippen LogP contribution in [-0.4, -0.2) is 19.0 Å². The van der Waals surface area contributed by atoms with Crippen molar-refractivity contribution in [2.24, 2.45) is 10.4 Å². The molecule has 2 aliphatic heterocycles. The minimum Gasteiger partial charge on any atom is -0.381 e. The second kappa shape index (κ2) is 6.70. The van der Waals surface area contributed by atoms with Crippen LogP contribution in [0.4, 0.5) is 5.69 Å². The van der Waals surface area contributed by atoms with Gasteiger partial charge in [0.15, 0.2) is 0 Å². The van der Waals surface area contributed by atoms with E-state index in [0.29, 0.717) is 12.1 Å². The Balaban J connectivity index is 1.63. The van der Waals surface area contributed by atoms with Gasteiger partial charge < -0.3 is 10.1 Å². The van der Waals surface area contributed by atoms with Crippen LogP contribution in [0.25, 0.3) is 0 Å². The molecule has 2 aromatic rings. The molecule has 2 heterocycles. The molecule has 0 unspecified atom stereocenters. The molecule has 0 amide bonds. The van der Waals surface area contributed by atoms with Gasteiger partial charge in [-0.2, -0.15) is 5.26 Å². The molecule has 1 fully saturated rings. The number of para-hydroxylation sites is 1. The number of hydrogen-bond acceptors (Lipinski definition) is 3. The highest BCUT2D eigenvalue weighted by Gasteiger charge is 2.41. The fraction of sp³-hybridized carbons (Fsp3) is 0.333. The zero-order chi connectivity index (χ0) is 17.1. The topological polar surface area (TPSA) is 57.4 Å². The molecule has 1 saturated heterocycles. The second-order valence-electron chi connectivity index (χ2n) is 6.83. The summed E-state index contributed by atoms with van der Waals surface area (Å²) >= 11 is 0. The molecule has 4 heteroatoms. The molecule has 2 aliphatic rings. The molecule has 0 bridgehead atoms. The van der Waals surface area contributed by atoms with Gasteiger partial charge in [0, 0.05) is 24.3 Å². The Morgan fingerprint density at radius 3 is 2.60 bits per heavy atom. The Labute approximate surface area is 148 Å².